The number of nitrogens with zero attached hydrogens (tertiary/aromatic N) is 1. The fourth-order valence-electron chi connectivity index (χ4n) is 3.95. The van der Waals surface area contributed by atoms with Crippen LogP contribution in [0, 0.1) is 0 Å². The van der Waals surface area contributed by atoms with Gasteiger partial charge in [-0.2, -0.15) is 0 Å². The van der Waals surface area contributed by atoms with Gasteiger partial charge in [-0.25, -0.2) is 0 Å². The Labute approximate surface area is 243 Å². The standard InChI is InChI=1S/C30H33BrCl2N2O3/c1-4-20(3)34-30(37)27(17-22-10-7-6-8-11-22)35(18-23-25(32)12-9-13-26(23)33)29(36)19-38-28-15-14-21(5-2)16-24(28)31/h6-16,20,27H,4-5,17-19H2,1-3H3,(H,34,37). The maximum absolute atomic E-state index is 13.8. The van der Waals surface area contributed by atoms with Crippen molar-refractivity contribution in [2.75, 3.05) is 6.61 Å². The van der Waals surface area contributed by atoms with Gasteiger partial charge < -0.3 is 15.0 Å². The molecular formula is C30H33BrCl2N2O3. The van der Waals surface area contributed by atoms with E-state index < -0.39 is 6.04 Å². The molecule has 2 unspecified atom stereocenters. The third kappa shape index (κ3) is 8.23. The summed E-state index contributed by atoms with van der Waals surface area (Å²) in [7, 11) is 0. The zero-order valence-electron chi connectivity index (χ0n) is 21.8. The molecule has 2 atom stereocenters. The van der Waals surface area contributed by atoms with Gasteiger partial charge in [0, 0.05) is 34.6 Å². The van der Waals surface area contributed by atoms with Crippen LogP contribution in [0.15, 0.2) is 71.2 Å². The minimum atomic E-state index is -0.805. The highest BCUT2D eigenvalue weighted by molar-refractivity contribution is 9.10. The Morgan fingerprint density at radius 3 is 2.26 bits per heavy atom. The quantitative estimate of drug-likeness (QED) is 0.232. The third-order valence-corrected chi connectivity index (χ3v) is 7.75. The van der Waals surface area contributed by atoms with Gasteiger partial charge in [0.25, 0.3) is 5.91 Å². The molecule has 3 rings (SSSR count). The number of carbonyl (C=O) groups is 2. The lowest BCUT2D eigenvalue weighted by Crippen LogP contribution is -2.53. The SMILES string of the molecule is CCc1ccc(OCC(=O)N(Cc2c(Cl)cccc2Cl)C(Cc2ccccc2)C(=O)NC(C)CC)c(Br)c1. The number of aryl methyl sites for hydroxylation is 1. The fraction of sp³-hybridized carbons (Fsp3) is 0.333. The van der Waals surface area contributed by atoms with E-state index in [4.69, 9.17) is 27.9 Å². The van der Waals surface area contributed by atoms with Crippen molar-refractivity contribution < 1.29 is 14.3 Å². The normalized spacial score (nSPS) is 12.5. The zero-order valence-corrected chi connectivity index (χ0v) is 24.9. The molecule has 8 heteroatoms. The number of carbonyl (C=O) groups excluding carboxylic acids is 2. The van der Waals surface area contributed by atoms with E-state index in [1.165, 1.54) is 4.90 Å². The molecule has 0 spiro atoms. The predicted octanol–water partition coefficient (Wildman–Crippen LogP) is 7.25. The Balaban J connectivity index is 1.96. The maximum atomic E-state index is 13.8. The predicted molar refractivity (Wildman–Crippen MR) is 158 cm³/mol. The number of amides is 2. The van der Waals surface area contributed by atoms with E-state index in [-0.39, 0.29) is 31.0 Å². The van der Waals surface area contributed by atoms with Crippen molar-refractivity contribution in [2.24, 2.45) is 0 Å². The Bertz CT molecular complexity index is 1220. The Hall–Kier alpha value is -2.54. The first-order valence-electron chi connectivity index (χ1n) is 12.7. The number of rotatable bonds is 12. The molecular weight excluding hydrogens is 587 g/mol. The first kappa shape index (κ1) is 30.0. The van der Waals surface area contributed by atoms with Crippen molar-refractivity contribution in [3.8, 4) is 5.75 Å². The first-order valence-corrected chi connectivity index (χ1v) is 14.3. The second-order valence-electron chi connectivity index (χ2n) is 9.15. The number of hydrogen-bond donors (Lipinski definition) is 1. The number of nitrogens with one attached hydrogen (secondary N) is 1. The van der Waals surface area contributed by atoms with Crippen molar-refractivity contribution in [3.63, 3.8) is 0 Å². The third-order valence-electron chi connectivity index (χ3n) is 6.42. The van der Waals surface area contributed by atoms with Gasteiger partial charge in [-0.15, -0.1) is 0 Å². The summed E-state index contributed by atoms with van der Waals surface area (Å²) in [6, 6.07) is 19.7. The van der Waals surface area contributed by atoms with E-state index in [0.717, 1.165) is 28.4 Å². The summed E-state index contributed by atoms with van der Waals surface area (Å²) in [6.45, 7) is 5.81. The number of ether oxygens (including phenoxy) is 1. The van der Waals surface area contributed by atoms with E-state index in [0.29, 0.717) is 27.8 Å². The average Bonchev–Trinajstić information content (AvgIpc) is 2.91. The van der Waals surface area contributed by atoms with Crippen molar-refractivity contribution >= 4 is 50.9 Å². The molecule has 38 heavy (non-hydrogen) atoms. The molecule has 0 aliphatic heterocycles. The van der Waals surface area contributed by atoms with E-state index >= 15 is 0 Å². The molecule has 5 nitrogen and oxygen atoms in total. The van der Waals surface area contributed by atoms with Crippen molar-refractivity contribution in [1.82, 2.24) is 10.2 Å². The number of benzene rings is 3. The van der Waals surface area contributed by atoms with Gasteiger partial charge in [0.15, 0.2) is 6.61 Å². The lowest BCUT2D eigenvalue weighted by Gasteiger charge is -2.32. The highest BCUT2D eigenvalue weighted by Crippen LogP contribution is 2.29. The van der Waals surface area contributed by atoms with Crippen LogP contribution in [0.25, 0.3) is 0 Å². The lowest BCUT2D eigenvalue weighted by molar-refractivity contribution is -0.143. The van der Waals surface area contributed by atoms with Gasteiger partial charge in [-0.1, -0.05) is 79.5 Å². The molecule has 0 saturated heterocycles. The largest absolute Gasteiger partial charge is 0.483 e. The van der Waals surface area contributed by atoms with Crippen LogP contribution < -0.4 is 10.1 Å². The molecule has 0 bridgehead atoms. The van der Waals surface area contributed by atoms with Gasteiger partial charge in [-0.3, -0.25) is 9.59 Å². The molecule has 0 saturated carbocycles. The van der Waals surface area contributed by atoms with E-state index in [1.54, 1.807) is 18.2 Å². The van der Waals surface area contributed by atoms with Crippen LogP contribution in [-0.4, -0.2) is 35.4 Å². The summed E-state index contributed by atoms with van der Waals surface area (Å²) in [6.07, 6.45) is 1.97. The summed E-state index contributed by atoms with van der Waals surface area (Å²) < 4.78 is 6.69. The van der Waals surface area contributed by atoms with Gasteiger partial charge in [0.1, 0.15) is 11.8 Å². The molecule has 0 fully saturated rings. The minimum Gasteiger partial charge on any atom is -0.483 e. The number of hydrogen-bond acceptors (Lipinski definition) is 3. The van der Waals surface area contributed by atoms with Gasteiger partial charge in [0.2, 0.25) is 5.91 Å². The first-order chi connectivity index (χ1) is 18.2. The van der Waals surface area contributed by atoms with E-state index in [2.05, 4.69) is 28.2 Å². The van der Waals surface area contributed by atoms with Crippen LogP contribution in [0.4, 0.5) is 0 Å². The van der Waals surface area contributed by atoms with Crippen LogP contribution >= 0.6 is 39.1 Å². The van der Waals surface area contributed by atoms with Crippen molar-refractivity contribution in [2.45, 2.75) is 58.7 Å². The Morgan fingerprint density at radius 1 is 0.974 bits per heavy atom. The molecule has 0 aliphatic carbocycles. The zero-order chi connectivity index (χ0) is 27.7. The topological polar surface area (TPSA) is 58.6 Å². The van der Waals surface area contributed by atoms with Gasteiger partial charge >= 0.3 is 0 Å². The monoisotopic (exact) mass is 618 g/mol. The second-order valence-corrected chi connectivity index (χ2v) is 10.8. The molecule has 2 amide bonds. The number of halogens is 3. The smallest absolute Gasteiger partial charge is 0.261 e. The fourth-order valence-corrected chi connectivity index (χ4v) is 5.01. The molecule has 202 valence electrons. The van der Waals surface area contributed by atoms with Crippen LogP contribution in [0.2, 0.25) is 10.0 Å². The Morgan fingerprint density at radius 2 is 1.66 bits per heavy atom. The van der Waals surface area contributed by atoms with Crippen molar-refractivity contribution in [1.29, 1.82) is 0 Å². The summed E-state index contributed by atoms with van der Waals surface area (Å²) in [4.78, 5) is 28.9. The second kappa shape index (κ2) is 14.6. The van der Waals surface area contributed by atoms with E-state index in [1.807, 2.05) is 62.4 Å². The molecule has 3 aromatic rings. The molecule has 0 aromatic heterocycles. The molecule has 1 N–H and O–H groups in total. The molecule has 0 radical (unpaired) electrons. The van der Waals surface area contributed by atoms with Crippen molar-refractivity contribution in [3.05, 3.63) is 97.9 Å². The Kier molecular flexibility index (Phi) is 11.5. The molecule has 0 heterocycles. The van der Waals surface area contributed by atoms with Crippen LogP contribution in [0.3, 0.4) is 0 Å². The van der Waals surface area contributed by atoms with E-state index in [9.17, 15) is 9.59 Å². The summed E-state index contributed by atoms with van der Waals surface area (Å²) in [5, 5.41) is 3.90. The van der Waals surface area contributed by atoms with Crippen LogP contribution in [0.5, 0.6) is 5.75 Å². The summed E-state index contributed by atoms with van der Waals surface area (Å²) in [5.41, 5.74) is 2.65. The molecule has 3 aromatic carbocycles. The van der Waals surface area contributed by atoms with Gasteiger partial charge in [0.05, 0.1) is 4.47 Å². The average molecular weight is 620 g/mol. The van der Waals surface area contributed by atoms with Crippen LogP contribution in [0.1, 0.15) is 43.9 Å². The minimum absolute atomic E-state index is 0.0501. The van der Waals surface area contributed by atoms with Gasteiger partial charge in [-0.05, 0) is 71.1 Å². The summed E-state index contributed by atoms with van der Waals surface area (Å²) in [5.74, 6) is -0.0455. The molecule has 0 aliphatic rings. The van der Waals surface area contributed by atoms with Crippen LogP contribution in [-0.2, 0) is 29.0 Å². The lowest BCUT2D eigenvalue weighted by atomic mass is 10.0. The maximum Gasteiger partial charge on any atom is 0.261 e. The highest BCUT2D eigenvalue weighted by atomic mass is 79.9. The highest BCUT2D eigenvalue weighted by Gasteiger charge is 2.32. The summed E-state index contributed by atoms with van der Waals surface area (Å²) >= 11 is 16.5.